The molecular weight excluding hydrogens is 267 g/mol. The van der Waals surface area contributed by atoms with Crippen molar-refractivity contribution < 1.29 is 14.2 Å². The van der Waals surface area contributed by atoms with Gasteiger partial charge in [0.15, 0.2) is 0 Å². The zero-order valence-electron chi connectivity index (χ0n) is 11.7. The van der Waals surface area contributed by atoms with E-state index < -0.39 is 25.5 Å². The van der Waals surface area contributed by atoms with E-state index in [4.69, 9.17) is 11.2 Å². The average molecular weight is 290 g/mol. The number of hydrogen-bond acceptors (Lipinski definition) is 4. The largest absolute Gasteiger partial charge is 0.332 e. The molecule has 1 aliphatic rings. The molecule has 110 valence electrons. The summed E-state index contributed by atoms with van der Waals surface area (Å²) in [6.07, 6.45) is 1.36. The van der Waals surface area contributed by atoms with Crippen molar-refractivity contribution in [3.8, 4) is 0 Å². The summed E-state index contributed by atoms with van der Waals surface area (Å²) in [6.45, 7) is 5.91. The Morgan fingerprint density at radius 2 is 2.11 bits per heavy atom. The maximum atomic E-state index is 12.3. The van der Waals surface area contributed by atoms with Crippen molar-refractivity contribution in [2.24, 2.45) is 16.7 Å². The van der Waals surface area contributed by atoms with Gasteiger partial charge in [-0.05, 0) is 18.3 Å². The first-order valence-corrected chi connectivity index (χ1v) is 8.03. The van der Waals surface area contributed by atoms with Gasteiger partial charge in [0.2, 0.25) is 11.8 Å². The van der Waals surface area contributed by atoms with E-state index in [9.17, 15) is 14.2 Å². The van der Waals surface area contributed by atoms with Gasteiger partial charge in [-0.25, -0.2) is 5.50 Å². The molecule has 1 heterocycles. The van der Waals surface area contributed by atoms with Crippen LogP contribution in [0.15, 0.2) is 0 Å². The molecule has 5 N–H and O–H groups in total. The van der Waals surface area contributed by atoms with Crippen LogP contribution in [0, 0.1) is 5.41 Å². The molecule has 0 aliphatic carbocycles. The Bertz CT molecular complexity index is 419. The molecule has 0 aromatic heterocycles. The van der Waals surface area contributed by atoms with Gasteiger partial charge in [-0.15, -0.1) is 0 Å². The van der Waals surface area contributed by atoms with E-state index >= 15 is 0 Å². The summed E-state index contributed by atoms with van der Waals surface area (Å²) in [4.78, 5) is 23.6. The maximum Gasteiger partial charge on any atom is 0.332 e. The number of nitrogens with one attached hydrogen (secondary N) is 1. The molecule has 7 nitrogen and oxygen atoms in total. The zero-order valence-corrected chi connectivity index (χ0v) is 12.6. The molecule has 1 rings (SSSR count). The van der Waals surface area contributed by atoms with Gasteiger partial charge >= 0.3 is 7.59 Å². The molecule has 0 aromatic rings. The van der Waals surface area contributed by atoms with Crippen molar-refractivity contribution >= 4 is 19.4 Å². The normalized spacial score (nSPS) is 23.9. The molecule has 0 bridgehead atoms. The molecule has 1 fully saturated rings. The van der Waals surface area contributed by atoms with Gasteiger partial charge in [0, 0.05) is 13.0 Å². The van der Waals surface area contributed by atoms with E-state index in [1.807, 2.05) is 20.8 Å². The predicted octanol–water partition coefficient (Wildman–Crippen LogP) is 0.555. The van der Waals surface area contributed by atoms with Gasteiger partial charge in [-0.2, -0.15) is 0 Å². The third kappa shape index (κ3) is 4.60. The smallest absolute Gasteiger partial charge is 0.320 e. The second kappa shape index (κ2) is 5.61. The number of piperidine rings is 1. The lowest BCUT2D eigenvalue weighted by atomic mass is 9.92. The van der Waals surface area contributed by atoms with Crippen LogP contribution in [-0.4, -0.2) is 29.1 Å². The zero-order chi connectivity index (χ0) is 14.8. The van der Waals surface area contributed by atoms with E-state index in [-0.39, 0.29) is 18.4 Å². The van der Waals surface area contributed by atoms with Gasteiger partial charge in [-0.3, -0.25) is 23.9 Å². The van der Waals surface area contributed by atoms with Crippen LogP contribution < -0.4 is 16.3 Å². The maximum absolute atomic E-state index is 12.3. The summed E-state index contributed by atoms with van der Waals surface area (Å²) in [5.74, 6) is -0.890. The molecule has 2 amide bonds. The predicted molar refractivity (Wildman–Crippen MR) is 72.9 cm³/mol. The van der Waals surface area contributed by atoms with Crippen LogP contribution in [0.25, 0.3) is 0 Å². The molecule has 1 aliphatic heterocycles. The molecule has 1 saturated heterocycles. The molecule has 0 spiro atoms. The minimum atomic E-state index is -3.70. The fourth-order valence-corrected chi connectivity index (χ4v) is 3.38. The lowest BCUT2D eigenvalue weighted by Gasteiger charge is -2.34. The van der Waals surface area contributed by atoms with Crippen molar-refractivity contribution in [3.05, 3.63) is 0 Å². The van der Waals surface area contributed by atoms with Crippen LogP contribution >= 0.6 is 7.59 Å². The monoisotopic (exact) mass is 290 g/mol. The molecule has 8 heteroatoms. The number of nitrogens with zero attached hydrogens (tertiary/aromatic N) is 1. The molecule has 0 radical (unpaired) electrons. The van der Waals surface area contributed by atoms with Crippen molar-refractivity contribution in [1.82, 2.24) is 9.76 Å². The van der Waals surface area contributed by atoms with E-state index in [1.54, 1.807) is 0 Å². The number of nitrogens with two attached hydrogens (primary N) is 2. The molecule has 0 aromatic carbocycles. The Morgan fingerprint density at radius 1 is 1.53 bits per heavy atom. The van der Waals surface area contributed by atoms with Crippen LogP contribution in [0.1, 0.15) is 40.0 Å². The Hall–Kier alpha value is -0.910. The first-order chi connectivity index (χ1) is 8.53. The summed E-state index contributed by atoms with van der Waals surface area (Å²) < 4.78 is 13.3. The third-order valence-electron chi connectivity index (χ3n) is 2.79. The number of amides is 2. The van der Waals surface area contributed by atoms with E-state index in [0.717, 1.165) is 4.67 Å². The standard InChI is InChI=1S/C11H23N4O3P/c1-11(2,3)7-9(16)14-19(13,18)15-6-4-5-8(12)10(15)17/h8H,4-7,12H2,1-3H3,(H3,13,14,16,18)/t8-,19?/m0/s1. The van der Waals surface area contributed by atoms with Crippen molar-refractivity contribution in [2.45, 2.75) is 46.1 Å². The van der Waals surface area contributed by atoms with Gasteiger partial charge in [-0.1, -0.05) is 20.8 Å². The van der Waals surface area contributed by atoms with Crippen LogP contribution in [0.3, 0.4) is 0 Å². The van der Waals surface area contributed by atoms with Gasteiger partial charge in [0.1, 0.15) is 0 Å². The van der Waals surface area contributed by atoms with E-state index in [1.165, 1.54) is 0 Å². The Kier molecular flexibility index (Phi) is 4.76. The first kappa shape index (κ1) is 16.1. The minimum absolute atomic E-state index is 0.183. The highest BCUT2D eigenvalue weighted by Crippen LogP contribution is 2.39. The lowest BCUT2D eigenvalue weighted by molar-refractivity contribution is -0.129. The molecule has 1 unspecified atom stereocenters. The summed E-state index contributed by atoms with van der Waals surface area (Å²) >= 11 is 0. The number of rotatable bonds is 3. The van der Waals surface area contributed by atoms with E-state index in [2.05, 4.69) is 5.09 Å². The van der Waals surface area contributed by atoms with Crippen LogP contribution in [-0.2, 0) is 14.2 Å². The fraction of sp³-hybridized carbons (Fsp3) is 0.818. The highest BCUT2D eigenvalue weighted by Gasteiger charge is 2.37. The Labute approximate surface area is 113 Å². The van der Waals surface area contributed by atoms with Crippen molar-refractivity contribution in [3.63, 3.8) is 0 Å². The quantitative estimate of drug-likeness (QED) is 0.656. The lowest BCUT2D eigenvalue weighted by Crippen LogP contribution is -2.50. The van der Waals surface area contributed by atoms with Gasteiger partial charge in [0.25, 0.3) is 0 Å². The SMILES string of the molecule is CC(C)(C)CC(=O)NP(N)(=O)N1CCC[C@H](N)C1=O. The van der Waals surface area contributed by atoms with Gasteiger partial charge < -0.3 is 5.73 Å². The molecular formula is C11H23N4O3P. The highest BCUT2D eigenvalue weighted by molar-refractivity contribution is 7.58. The minimum Gasteiger partial charge on any atom is -0.320 e. The van der Waals surface area contributed by atoms with Crippen LogP contribution in [0.2, 0.25) is 0 Å². The average Bonchev–Trinajstić information content (AvgIpc) is 2.17. The first-order valence-electron chi connectivity index (χ1n) is 6.30. The molecule has 2 atom stereocenters. The number of carbonyl (C=O) groups is 2. The summed E-state index contributed by atoms with van der Waals surface area (Å²) in [7, 11) is -3.70. The molecule has 0 saturated carbocycles. The van der Waals surface area contributed by atoms with Crippen molar-refractivity contribution in [1.29, 1.82) is 0 Å². The topological polar surface area (TPSA) is 119 Å². The summed E-state index contributed by atoms with van der Waals surface area (Å²) in [5, 5.41) is 2.28. The van der Waals surface area contributed by atoms with Crippen molar-refractivity contribution in [2.75, 3.05) is 6.54 Å². The Morgan fingerprint density at radius 3 is 2.63 bits per heavy atom. The summed E-state index contributed by atoms with van der Waals surface area (Å²) in [5.41, 5.74) is 11.0. The summed E-state index contributed by atoms with van der Waals surface area (Å²) in [6, 6.07) is -0.690. The van der Waals surface area contributed by atoms with Crippen LogP contribution in [0.5, 0.6) is 0 Å². The number of hydrogen-bond donors (Lipinski definition) is 3. The van der Waals surface area contributed by atoms with Gasteiger partial charge in [0.05, 0.1) is 6.04 Å². The second-order valence-electron chi connectivity index (χ2n) is 6.11. The van der Waals surface area contributed by atoms with Crippen LogP contribution in [0.4, 0.5) is 0 Å². The number of carbonyl (C=O) groups excluding carboxylic acids is 2. The third-order valence-corrected chi connectivity index (χ3v) is 4.48. The Balaban J connectivity index is 2.73. The second-order valence-corrected chi connectivity index (χ2v) is 8.06. The fourth-order valence-electron chi connectivity index (χ4n) is 1.94. The highest BCUT2D eigenvalue weighted by atomic mass is 31.2. The van der Waals surface area contributed by atoms with E-state index in [0.29, 0.717) is 12.8 Å². The molecule has 19 heavy (non-hydrogen) atoms.